The van der Waals surface area contributed by atoms with Crippen LogP contribution in [0.3, 0.4) is 0 Å². The third-order valence-corrected chi connectivity index (χ3v) is 3.16. The van der Waals surface area contributed by atoms with Crippen LogP contribution in [-0.4, -0.2) is 28.2 Å². The molecule has 3 rings (SSSR count). The van der Waals surface area contributed by atoms with Gasteiger partial charge in [-0.15, -0.1) is 0 Å². The molecule has 0 atom stereocenters. The predicted molar refractivity (Wildman–Crippen MR) is 82.4 cm³/mol. The standard InChI is InChI=1S/C17H15N3O2/c1-17(2)12-20(16(21)22-17)15-8-7-14(11-19-15)6-5-13-4-3-9-18-10-13/h3-4,7-11H,12H2,1-2H3. The first kappa shape index (κ1) is 14.1. The van der Waals surface area contributed by atoms with E-state index in [1.54, 1.807) is 24.7 Å². The van der Waals surface area contributed by atoms with Crippen molar-refractivity contribution in [3.8, 4) is 11.8 Å². The minimum Gasteiger partial charge on any atom is -0.441 e. The number of nitrogens with zero attached hydrogens (tertiary/aromatic N) is 3. The summed E-state index contributed by atoms with van der Waals surface area (Å²) in [5, 5.41) is 0. The summed E-state index contributed by atoms with van der Waals surface area (Å²) >= 11 is 0. The quantitative estimate of drug-likeness (QED) is 0.758. The van der Waals surface area contributed by atoms with Crippen LogP contribution in [0.1, 0.15) is 25.0 Å². The minimum absolute atomic E-state index is 0.369. The first-order valence-corrected chi connectivity index (χ1v) is 6.92. The molecule has 110 valence electrons. The molecule has 2 aromatic rings. The van der Waals surface area contributed by atoms with Gasteiger partial charge in [-0.2, -0.15) is 0 Å². The van der Waals surface area contributed by atoms with E-state index in [1.807, 2.05) is 32.0 Å². The van der Waals surface area contributed by atoms with E-state index in [0.29, 0.717) is 12.4 Å². The number of ether oxygens (including phenoxy) is 1. The summed E-state index contributed by atoms with van der Waals surface area (Å²) in [6.45, 7) is 4.23. The maximum Gasteiger partial charge on any atom is 0.416 e. The Morgan fingerprint density at radius 1 is 1.18 bits per heavy atom. The molecule has 22 heavy (non-hydrogen) atoms. The summed E-state index contributed by atoms with van der Waals surface area (Å²) in [4.78, 5) is 21.6. The van der Waals surface area contributed by atoms with Crippen molar-refractivity contribution >= 4 is 11.9 Å². The SMILES string of the molecule is CC1(C)CN(c2ccc(C#Cc3cccnc3)cn2)C(=O)O1. The van der Waals surface area contributed by atoms with Crippen LogP contribution in [0.5, 0.6) is 0 Å². The Bertz CT molecular complexity index is 743. The van der Waals surface area contributed by atoms with E-state index in [-0.39, 0.29) is 6.09 Å². The average molecular weight is 293 g/mol. The smallest absolute Gasteiger partial charge is 0.416 e. The fraction of sp³-hybridized carbons (Fsp3) is 0.235. The highest BCUT2D eigenvalue weighted by molar-refractivity contribution is 5.89. The third-order valence-electron chi connectivity index (χ3n) is 3.16. The number of carbonyl (C=O) groups excluding carboxylic acids is 1. The normalized spacial score (nSPS) is 15.9. The zero-order valence-corrected chi connectivity index (χ0v) is 12.4. The monoisotopic (exact) mass is 293 g/mol. The second-order valence-corrected chi connectivity index (χ2v) is 5.61. The highest BCUT2D eigenvalue weighted by Crippen LogP contribution is 2.25. The lowest BCUT2D eigenvalue weighted by atomic mass is 10.1. The molecule has 5 heteroatoms. The molecule has 1 aliphatic rings. The second-order valence-electron chi connectivity index (χ2n) is 5.61. The van der Waals surface area contributed by atoms with E-state index in [2.05, 4.69) is 21.8 Å². The molecule has 2 aromatic heterocycles. The van der Waals surface area contributed by atoms with Crippen LogP contribution in [0.4, 0.5) is 10.6 Å². The number of aromatic nitrogens is 2. The van der Waals surface area contributed by atoms with E-state index in [0.717, 1.165) is 11.1 Å². The Hall–Kier alpha value is -2.87. The molecule has 1 aliphatic heterocycles. The van der Waals surface area contributed by atoms with Gasteiger partial charge in [0.2, 0.25) is 0 Å². The van der Waals surface area contributed by atoms with Crippen LogP contribution in [-0.2, 0) is 4.74 Å². The maximum absolute atomic E-state index is 11.8. The number of pyridine rings is 2. The van der Waals surface area contributed by atoms with Gasteiger partial charge in [0.25, 0.3) is 0 Å². The number of hydrogen-bond acceptors (Lipinski definition) is 4. The van der Waals surface area contributed by atoms with Crippen molar-refractivity contribution in [1.29, 1.82) is 0 Å². The Balaban J connectivity index is 1.77. The zero-order valence-electron chi connectivity index (χ0n) is 12.4. The van der Waals surface area contributed by atoms with Gasteiger partial charge < -0.3 is 4.74 Å². The molecule has 0 bridgehead atoms. The van der Waals surface area contributed by atoms with Crippen LogP contribution in [0.2, 0.25) is 0 Å². The van der Waals surface area contributed by atoms with Gasteiger partial charge in [-0.05, 0) is 38.1 Å². The number of amides is 1. The van der Waals surface area contributed by atoms with Gasteiger partial charge >= 0.3 is 6.09 Å². The van der Waals surface area contributed by atoms with Crippen LogP contribution in [0.15, 0.2) is 42.9 Å². The second kappa shape index (κ2) is 5.49. The minimum atomic E-state index is -0.489. The van der Waals surface area contributed by atoms with E-state index < -0.39 is 5.60 Å². The van der Waals surface area contributed by atoms with Crippen LogP contribution in [0.25, 0.3) is 0 Å². The molecule has 0 saturated carbocycles. The third kappa shape index (κ3) is 3.07. The maximum atomic E-state index is 11.8. The van der Waals surface area contributed by atoms with Gasteiger partial charge in [-0.1, -0.05) is 11.8 Å². The van der Waals surface area contributed by atoms with Crippen molar-refractivity contribution in [2.45, 2.75) is 19.4 Å². The number of anilines is 1. The molecule has 1 saturated heterocycles. The van der Waals surface area contributed by atoms with Crippen molar-refractivity contribution in [2.75, 3.05) is 11.4 Å². The Morgan fingerprint density at radius 3 is 2.50 bits per heavy atom. The molecule has 0 radical (unpaired) electrons. The van der Waals surface area contributed by atoms with Crippen LogP contribution in [0, 0.1) is 11.8 Å². The van der Waals surface area contributed by atoms with Gasteiger partial charge in [0.05, 0.1) is 6.54 Å². The molecule has 1 fully saturated rings. The molecule has 3 heterocycles. The molecular formula is C17H15N3O2. The lowest BCUT2D eigenvalue weighted by Crippen LogP contribution is -2.28. The lowest BCUT2D eigenvalue weighted by Gasteiger charge is -2.14. The molecule has 0 aliphatic carbocycles. The summed E-state index contributed by atoms with van der Waals surface area (Å²) in [7, 11) is 0. The summed E-state index contributed by atoms with van der Waals surface area (Å²) in [6, 6.07) is 7.34. The highest BCUT2D eigenvalue weighted by atomic mass is 16.6. The van der Waals surface area contributed by atoms with Gasteiger partial charge in [0.1, 0.15) is 11.4 Å². The molecule has 0 spiro atoms. The van der Waals surface area contributed by atoms with Gasteiger partial charge in [-0.3, -0.25) is 9.88 Å². The predicted octanol–water partition coefficient (Wildman–Crippen LogP) is 2.61. The van der Waals surface area contributed by atoms with Crippen LogP contribution < -0.4 is 4.90 Å². The van der Waals surface area contributed by atoms with Gasteiger partial charge in [0.15, 0.2) is 0 Å². The van der Waals surface area contributed by atoms with E-state index in [9.17, 15) is 4.79 Å². The largest absolute Gasteiger partial charge is 0.441 e. The van der Waals surface area contributed by atoms with Crippen molar-refractivity contribution in [3.63, 3.8) is 0 Å². The number of cyclic esters (lactones) is 1. The van der Waals surface area contributed by atoms with Crippen molar-refractivity contribution in [3.05, 3.63) is 54.0 Å². The average Bonchev–Trinajstić information content (AvgIpc) is 2.80. The molecule has 1 amide bonds. The van der Waals surface area contributed by atoms with E-state index >= 15 is 0 Å². The molecule has 0 N–H and O–H groups in total. The highest BCUT2D eigenvalue weighted by Gasteiger charge is 2.38. The summed E-state index contributed by atoms with van der Waals surface area (Å²) in [6.07, 6.45) is 4.69. The van der Waals surface area contributed by atoms with Crippen molar-refractivity contribution in [2.24, 2.45) is 0 Å². The van der Waals surface area contributed by atoms with Crippen molar-refractivity contribution < 1.29 is 9.53 Å². The summed E-state index contributed by atoms with van der Waals surface area (Å²) in [5.41, 5.74) is 1.13. The van der Waals surface area contributed by atoms with Gasteiger partial charge in [0, 0.05) is 29.7 Å². The topological polar surface area (TPSA) is 55.3 Å². The number of rotatable bonds is 1. The fourth-order valence-corrected chi connectivity index (χ4v) is 2.14. The summed E-state index contributed by atoms with van der Waals surface area (Å²) < 4.78 is 5.26. The Kier molecular flexibility index (Phi) is 3.51. The fourth-order valence-electron chi connectivity index (χ4n) is 2.14. The molecule has 0 aromatic carbocycles. The zero-order chi connectivity index (χ0) is 15.6. The number of hydrogen-bond donors (Lipinski definition) is 0. The lowest BCUT2D eigenvalue weighted by molar-refractivity contribution is 0.0871. The molecule has 5 nitrogen and oxygen atoms in total. The van der Waals surface area contributed by atoms with Crippen molar-refractivity contribution in [1.82, 2.24) is 9.97 Å². The molecular weight excluding hydrogens is 278 g/mol. The van der Waals surface area contributed by atoms with E-state index in [1.165, 1.54) is 4.90 Å². The van der Waals surface area contributed by atoms with Gasteiger partial charge in [-0.25, -0.2) is 9.78 Å². The van der Waals surface area contributed by atoms with E-state index in [4.69, 9.17) is 4.74 Å². The first-order valence-electron chi connectivity index (χ1n) is 6.92. The first-order chi connectivity index (χ1) is 10.5. The van der Waals surface area contributed by atoms with Crippen LogP contribution >= 0.6 is 0 Å². The Morgan fingerprint density at radius 2 is 1.95 bits per heavy atom. The number of carbonyl (C=O) groups is 1. The summed E-state index contributed by atoms with van der Waals surface area (Å²) in [5.74, 6) is 6.60. The molecule has 0 unspecified atom stereocenters. The Labute approximate surface area is 129 Å².